The summed E-state index contributed by atoms with van der Waals surface area (Å²) in [6, 6.07) is 0.895. The van der Waals surface area contributed by atoms with Gasteiger partial charge in [-0.05, 0) is 11.8 Å². The van der Waals surface area contributed by atoms with E-state index in [0.29, 0.717) is 17.5 Å². The monoisotopic (exact) mass is 226 g/mol. The normalized spacial score (nSPS) is 14.5. The van der Waals surface area contributed by atoms with Crippen molar-refractivity contribution in [3.63, 3.8) is 0 Å². The van der Waals surface area contributed by atoms with Gasteiger partial charge in [0.05, 0.1) is 6.04 Å². The quantitative estimate of drug-likeness (QED) is 0.848. The Kier molecular flexibility index (Phi) is 4.29. The van der Waals surface area contributed by atoms with E-state index >= 15 is 0 Å². The van der Waals surface area contributed by atoms with Gasteiger partial charge in [0.1, 0.15) is 5.01 Å². The second-order valence-corrected chi connectivity index (χ2v) is 6.44. The predicted molar refractivity (Wildman–Crippen MR) is 67.2 cm³/mol. The minimum absolute atomic E-state index is 0.332. The van der Waals surface area contributed by atoms with E-state index in [0.717, 1.165) is 6.42 Å². The topological polar surface area (TPSA) is 24.9 Å². The van der Waals surface area contributed by atoms with E-state index in [9.17, 15) is 0 Å². The summed E-state index contributed by atoms with van der Waals surface area (Å²) in [5, 5.41) is 6.84. The van der Waals surface area contributed by atoms with Crippen LogP contribution in [-0.4, -0.2) is 11.0 Å². The summed E-state index contributed by atoms with van der Waals surface area (Å²) >= 11 is 1.74. The van der Waals surface area contributed by atoms with Crippen molar-refractivity contribution in [1.29, 1.82) is 0 Å². The van der Waals surface area contributed by atoms with Crippen LogP contribution in [0.3, 0.4) is 0 Å². The third-order valence-corrected chi connectivity index (χ3v) is 2.99. The van der Waals surface area contributed by atoms with Crippen LogP contribution in [0, 0.1) is 5.41 Å². The van der Waals surface area contributed by atoms with E-state index in [4.69, 9.17) is 0 Å². The van der Waals surface area contributed by atoms with Gasteiger partial charge in [0, 0.05) is 17.6 Å². The van der Waals surface area contributed by atoms with Crippen LogP contribution < -0.4 is 5.32 Å². The Morgan fingerprint density at radius 3 is 2.47 bits per heavy atom. The second kappa shape index (κ2) is 5.08. The van der Waals surface area contributed by atoms with Crippen LogP contribution in [-0.2, 0) is 0 Å². The van der Waals surface area contributed by atoms with Gasteiger partial charge in [-0.15, -0.1) is 11.3 Å². The average Bonchev–Trinajstić information content (AvgIpc) is 2.50. The molecular formula is C12H22N2S. The molecule has 0 aromatic carbocycles. The van der Waals surface area contributed by atoms with Crippen LogP contribution in [0.2, 0.25) is 0 Å². The molecule has 0 saturated heterocycles. The lowest BCUT2D eigenvalue weighted by Gasteiger charge is -2.27. The van der Waals surface area contributed by atoms with Gasteiger partial charge in [-0.3, -0.25) is 0 Å². The molecule has 0 radical (unpaired) electrons. The van der Waals surface area contributed by atoms with Gasteiger partial charge >= 0.3 is 0 Å². The molecule has 0 aliphatic carbocycles. The van der Waals surface area contributed by atoms with Gasteiger partial charge < -0.3 is 5.32 Å². The van der Waals surface area contributed by atoms with Crippen LogP contribution in [0.25, 0.3) is 0 Å². The number of hydrogen-bond donors (Lipinski definition) is 1. The Morgan fingerprint density at radius 2 is 2.07 bits per heavy atom. The number of aromatic nitrogens is 1. The predicted octanol–water partition coefficient (Wildman–Crippen LogP) is 3.62. The molecule has 1 rings (SSSR count). The summed E-state index contributed by atoms with van der Waals surface area (Å²) in [6.07, 6.45) is 3.01. The Labute approximate surface area is 97.1 Å². The first-order valence-corrected chi connectivity index (χ1v) is 6.42. The van der Waals surface area contributed by atoms with Crippen molar-refractivity contribution in [2.24, 2.45) is 5.41 Å². The first-order chi connectivity index (χ1) is 6.88. The van der Waals surface area contributed by atoms with E-state index in [-0.39, 0.29) is 0 Å². The van der Waals surface area contributed by atoms with Gasteiger partial charge in [-0.1, -0.05) is 34.6 Å². The molecule has 0 saturated carbocycles. The highest BCUT2D eigenvalue weighted by molar-refractivity contribution is 7.09. The van der Waals surface area contributed by atoms with Crippen LogP contribution in [0.5, 0.6) is 0 Å². The summed E-state index contributed by atoms with van der Waals surface area (Å²) in [5.41, 5.74) is 0.332. The Balaban J connectivity index is 2.70. The highest BCUT2D eigenvalue weighted by Crippen LogP contribution is 2.30. The standard InChI is InChI=1S/C12H22N2S/c1-9(2)14-10(8-12(3,4)5)11-13-6-7-15-11/h6-7,9-10,14H,8H2,1-5H3. The molecule has 2 nitrogen and oxygen atoms in total. The lowest BCUT2D eigenvalue weighted by Crippen LogP contribution is -2.31. The summed E-state index contributed by atoms with van der Waals surface area (Å²) in [7, 11) is 0. The summed E-state index contributed by atoms with van der Waals surface area (Å²) in [4.78, 5) is 4.41. The largest absolute Gasteiger partial charge is 0.306 e. The van der Waals surface area contributed by atoms with Crippen molar-refractivity contribution < 1.29 is 0 Å². The Bertz CT molecular complexity index is 272. The molecular weight excluding hydrogens is 204 g/mol. The number of nitrogens with zero attached hydrogens (tertiary/aromatic N) is 1. The van der Waals surface area contributed by atoms with Crippen molar-refractivity contribution in [3.05, 3.63) is 16.6 Å². The molecule has 1 unspecified atom stereocenters. The molecule has 0 spiro atoms. The number of hydrogen-bond acceptors (Lipinski definition) is 3. The fourth-order valence-electron chi connectivity index (χ4n) is 1.64. The van der Waals surface area contributed by atoms with Crippen molar-refractivity contribution >= 4 is 11.3 Å². The zero-order valence-corrected chi connectivity index (χ0v) is 11.2. The van der Waals surface area contributed by atoms with E-state index in [2.05, 4.69) is 44.9 Å². The third kappa shape index (κ3) is 4.76. The summed E-state index contributed by atoms with van der Waals surface area (Å²) in [5.74, 6) is 0. The minimum atomic E-state index is 0.332. The van der Waals surface area contributed by atoms with E-state index in [1.807, 2.05) is 11.6 Å². The van der Waals surface area contributed by atoms with E-state index in [1.165, 1.54) is 5.01 Å². The molecule has 15 heavy (non-hydrogen) atoms. The zero-order chi connectivity index (χ0) is 11.5. The maximum absolute atomic E-state index is 4.41. The lowest BCUT2D eigenvalue weighted by atomic mass is 9.88. The smallest absolute Gasteiger partial charge is 0.110 e. The van der Waals surface area contributed by atoms with Gasteiger partial charge in [0.15, 0.2) is 0 Å². The Hall–Kier alpha value is -0.410. The van der Waals surface area contributed by atoms with Gasteiger partial charge in [0.25, 0.3) is 0 Å². The fraction of sp³-hybridized carbons (Fsp3) is 0.750. The first-order valence-electron chi connectivity index (χ1n) is 5.54. The number of nitrogens with one attached hydrogen (secondary N) is 1. The molecule has 1 aromatic heterocycles. The maximum Gasteiger partial charge on any atom is 0.110 e. The first kappa shape index (κ1) is 12.7. The molecule has 1 heterocycles. The molecule has 0 aliphatic rings. The van der Waals surface area contributed by atoms with Gasteiger partial charge in [-0.25, -0.2) is 4.98 Å². The second-order valence-electron chi connectivity index (χ2n) is 5.51. The molecule has 0 fully saturated rings. The van der Waals surface area contributed by atoms with Crippen molar-refractivity contribution in [2.75, 3.05) is 0 Å². The zero-order valence-electron chi connectivity index (χ0n) is 10.4. The SMILES string of the molecule is CC(C)NC(CC(C)(C)C)c1nccs1. The fourth-order valence-corrected chi connectivity index (χ4v) is 2.34. The maximum atomic E-state index is 4.41. The van der Waals surface area contributed by atoms with Crippen LogP contribution in [0.15, 0.2) is 11.6 Å². The molecule has 1 N–H and O–H groups in total. The number of thiazole rings is 1. The highest BCUT2D eigenvalue weighted by Gasteiger charge is 2.22. The van der Waals surface area contributed by atoms with Crippen LogP contribution in [0.4, 0.5) is 0 Å². The molecule has 0 bridgehead atoms. The average molecular weight is 226 g/mol. The van der Waals surface area contributed by atoms with Gasteiger partial charge in [0.2, 0.25) is 0 Å². The van der Waals surface area contributed by atoms with E-state index in [1.54, 1.807) is 11.3 Å². The molecule has 1 aromatic rings. The summed E-state index contributed by atoms with van der Waals surface area (Å²) in [6.45, 7) is 11.2. The van der Waals surface area contributed by atoms with Gasteiger partial charge in [-0.2, -0.15) is 0 Å². The molecule has 0 aliphatic heterocycles. The third-order valence-electron chi connectivity index (χ3n) is 2.10. The summed E-state index contributed by atoms with van der Waals surface area (Å²) < 4.78 is 0. The highest BCUT2D eigenvalue weighted by atomic mass is 32.1. The van der Waals surface area contributed by atoms with Crippen LogP contribution in [0.1, 0.15) is 52.1 Å². The number of rotatable bonds is 4. The lowest BCUT2D eigenvalue weighted by molar-refractivity contribution is 0.300. The molecule has 3 heteroatoms. The molecule has 86 valence electrons. The van der Waals surface area contributed by atoms with Crippen molar-refractivity contribution in [1.82, 2.24) is 10.3 Å². The van der Waals surface area contributed by atoms with Crippen molar-refractivity contribution in [2.45, 2.75) is 53.1 Å². The minimum Gasteiger partial charge on any atom is -0.306 e. The van der Waals surface area contributed by atoms with Crippen LogP contribution >= 0.6 is 11.3 Å². The Morgan fingerprint density at radius 1 is 1.40 bits per heavy atom. The molecule has 1 atom stereocenters. The van der Waals surface area contributed by atoms with Crippen molar-refractivity contribution in [3.8, 4) is 0 Å². The van der Waals surface area contributed by atoms with E-state index < -0.39 is 0 Å². The molecule has 0 amide bonds.